The van der Waals surface area contributed by atoms with Crippen LogP contribution >= 0.6 is 15.9 Å². The molecule has 0 radical (unpaired) electrons. The highest BCUT2D eigenvalue weighted by atomic mass is 79.9. The molecule has 1 aliphatic rings. The highest BCUT2D eigenvalue weighted by molar-refractivity contribution is 9.10. The second-order valence-corrected chi connectivity index (χ2v) is 6.50. The first-order valence-electron chi connectivity index (χ1n) is 7.89. The topological polar surface area (TPSA) is 82.1 Å². The zero-order valence-corrected chi connectivity index (χ0v) is 15.5. The third-order valence-corrected chi connectivity index (χ3v) is 4.44. The first-order chi connectivity index (χ1) is 12.0. The molecule has 1 heterocycles. The van der Waals surface area contributed by atoms with E-state index in [9.17, 15) is 14.4 Å². The smallest absolute Gasteiger partial charge is 0.344 e. The predicted octanol–water partition coefficient (Wildman–Crippen LogP) is 1.78. The lowest BCUT2D eigenvalue weighted by Gasteiger charge is -2.30. The molecule has 1 saturated heterocycles. The summed E-state index contributed by atoms with van der Waals surface area (Å²) in [5.41, 5.74) is 0. The summed E-state index contributed by atoms with van der Waals surface area (Å²) >= 11 is 3.30. The van der Waals surface area contributed by atoms with Crippen LogP contribution in [0.2, 0.25) is 0 Å². The number of ether oxygens (including phenoxy) is 3. The normalized spacial score (nSPS) is 14.7. The van der Waals surface area contributed by atoms with Gasteiger partial charge in [0.05, 0.1) is 13.0 Å². The third-order valence-electron chi connectivity index (χ3n) is 3.91. The van der Waals surface area contributed by atoms with Crippen LogP contribution in [0.1, 0.15) is 12.8 Å². The lowest BCUT2D eigenvalue weighted by molar-refractivity contribution is -0.155. The number of carbonyl (C=O) groups is 3. The van der Waals surface area contributed by atoms with Gasteiger partial charge in [0.15, 0.2) is 13.2 Å². The minimum absolute atomic E-state index is 0.170. The van der Waals surface area contributed by atoms with Gasteiger partial charge in [0, 0.05) is 17.6 Å². The van der Waals surface area contributed by atoms with Gasteiger partial charge in [0.1, 0.15) is 5.75 Å². The first-order valence-corrected chi connectivity index (χ1v) is 8.68. The van der Waals surface area contributed by atoms with Crippen molar-refractivity contribution in [1.29, 1.82) is 0 Å². The molecule has 0 atom stereocenters. The van der Waals surface area contributed by atoms with Crippen LogP contribution in [0, 0.1) is 5.92 Å². The van der Waals surface area contributed by atoms with Gasteiger partial charge in [0.2, 0.25) is 0 Å². The molecule has 0 aromatic heterocycles. The number of likely N-dealkylation sites (tertiary alicyclic amines) is 1. The van der Waals surface area contributed by atoms with Crippen molar-refractivity contribution < 1.29 is 28.6 Å². The highest BCUT2D eigenvalue weighted by Gasteiger charge is 2.28. The van der Waals surface area contributed by atoms with Crippen molar-refractivity contribution in [2.75, 3.05) is 33.4 Å². The van der Waals surface area contributed by atoms with E-state index in [-0.39, 0.29) is 31.0 Å². The van der Waals surface area contributed by atoms with Crippen molar-refractivity contribution in [2.45, 2.75) is 12.8 Å². The van der Waals surface area contributed by atoms with Crippen molar-refractivity contribution >= 4 is 33.8 Å². The molecule has 1 aromatic carbocycles. The lowest BCUT2D eigenvalue weighted by Crippen LogP contribution is -2.42. The summed E-state index contributed by atoms with van der Waals surface area (Å²) in [6.07, 6.45) is 1.11. The molecule has 8 heteroatoms. The fraction of sp³-hybridized carbons (Fsp3) is 0.471. The minimum Gasteiger partial charge on any atom is -0.482 e. The molecule has 0 aliphatic carbocycles. The van der Waals surface area contributed by atoms with E-state index in [4.69, 9.17) is 14.2 Å². The Labute approximate surface area is 154 Å². The number of amides is 1. The third kappa shape index (κ3) is 6.04. The van der Waals surface area contributed by atoms with Crippen molar-refractivity contribution in [2.24, 2.45) is 5.92 Å². The molecule has 25 heavy (non-hydrogen) atoms. The summed E-state index contributed by atoms with van der Waals surface area (Å²) in [6, 6.07) is 7.02. The second-order valence-electron chi connectivity index (χ2n) is 5.58. The molecule has 136 valence electrons. The molecule has 1 aliphatic heterocycles. The Kier molecular flexibility index (Phi) is 7.24. The van der Waals surface area contributed by atoms with Crippen molar-refractivity contribution in [1.82, 2.24) is 4.90 Å². The number of esters is 2. The summed E-state index contributed by atoms with van der Waals surface area (Å²) < 4.78 is 15.8. The fourth-order valence-electron chi connectivity index (χ4n) is 2.48. The Morgan fingerprint density at radius 2 is 1.76 bits per heavy atom. The van der Waals surface area contributed by atoms with E-state index >= 15 is 0 Å². The van der Waals surface area contributed by atoms with E-state index in [2.05, 4.69) is 15.9 Å². The molecular formula is C17H20BrNO6. The van der Waals surface area contributed by atoms with E-state index in [0.717, 1.165) is 4.47 Å². The Balaban J connectivity index is 1.67. The SMILES string of the molecule is COC(=O)C1CCN(C(=O)COC(=O)COc2ccc(Br)cc2)CC1. The molecule has 2 rings (SSSR count). The molecule has 1 fully saturated rings. The van der Waals surface area contributed by atoms with Gasteiger partial charge in [-0.15, -0.1) is 0 Å². The van der Waals surface area contributed by atoms with E-state index in [1.807, 2.05) is 0 Å². The molecule has 1 amide bonds. The molecule has 0 spiro atoms. The van der Waals surface area contributed by atoms with Crippen molar-refractivity contribution in [3.63, 3.8) is 0 Å². The quantitative estimate of drug-likeness (QED) is 0.661. The number of halogens is 1. The Hall–Kier alpha value is -2.09. The molecule has 0 N–H and O–H groups in total. The Bertz CT molecular complexity index is 610. The van der Waals surface area contributed by atoms with E-state index in [0.29, 0.717) is 31.7 Å². The number of piperidine rings is 1. The zero-order valence-electron chi connectivity index (χ0n) is 13.9. The van der Waals surface area contributed by atoms with Gasteiger partial charge < -0.3 is 19.1 Å². The molecular weight excluding hydrogens is 394 g/mol. The fourth-order valence-corrected chi connectivity index (χ4v) is 2.74. The average molecular weight is 414 g/mol. The highest BCUT2D eigenvalue weighted by Crippen LogP contribution is 2.18. The summed E-state index contributed by atoms with van der Waals surface area (Å²) in [6.45, 7) is 0.307. The number of methoxy groups -OCH3 is 1. The molecule has 1 aromatic rings. The monoisotopic (exact) mass is 413 g/mol. The summed E-state index contributed by atoms with van der Waals surface area (Å²) in [5, 5.41) is 0. The Morgan fingerprint density at radius 3 is 2.36 bits per heavy atom. The van der Waals surface area contributed by atoms with Crippen LogP contribution < -0.4 is 4.74 Å². The van der Waals surface area contributed by atoms with Gasteiger partial charge in [-0.2, -0.15) is 0 Å². The number of hydrogen-bond acceptors (Lipinski definition) is 6. The number of nitrogens with zero attached hydrogens (tertiary/aromatic N) is 1. The van der Waals surface area contributed by atoms with Crippen LogP contribution in [0.4, 0.5) is 0 Å². The summed E-state index contributed by atoms with van der Waals surface area (Å²) in [7, 11) is 1.36. The minimum atomic E-state index is -0.610. The molecule has 0 unspecified atom stereocenters. The second kappa shape index (κ2) is 9.41. The van der Waals surface area contributed by atoms with Gasteiger partial charge >= 0.3 is 11.9 Å². The van der Waals surface area contributed by atoms with Crippen LogP contribution in [-0.4, -0.2) is 56.2 Å². The van der Waals surface area contributed by atoms with Gasteiger partial charge in [0.25, 0.3) is 5.91 Å². The van der Waals surface area contributed by atoms with Gasteiger partial charge in [-0.05, 0) is 37.1 Å². The molecule has 0 saturated carbocycles. The van der Waals surface area contributed by atoms with E-state index < -0.39 is 5.97 Å². The van der Waals surface area contributed by atoms with Crippen LogP contribution in [0.15, 0.2) is 28.7 Å². The van der Waals surface area contributed by atoms with Crippen LogP contribution in [0.5, 0.6) is 5.75 Å². The number of hydrogen-bond donors (Lipinski definition) is 0. The van der Waals surface area contributed by atoms with Crippen molar-refractivity contribution in [3.8, 4) is 5.75 Å². The number of benzene rings is 1. The maximum atomic E-state index is 12.0. The standard InChI is InChI=1S/C17H20BrNO6/c1-23-17(22)12-6-8-19(9-7-12)15(20)10-25-16(21)11-24-14-4-2-13(18)3-5-14/h2-5,12H,6-11H2,1H3. The number of rotatable bonds is 6. The van der Waals surface area contributed by atoms with Gasteiger partial charge in [-0.3, -0.25) is 9.59 Å². The van der Waals surface area contributed by atoms with Crippen LogP contribution in [0.25, 0.3) is 0 Å². The van der Waals surface area contributed by atoms with E-state index in [1.165, 1.54) is 7.11 Å². The maximum absolute atomic E-state index is 12.0. The zero-order chi connectivity index (χ0) is 18.2. The molecule has 7 nitrogen and oxygen atoms in total. The van der Waals surface area contributed by atoms with E-state index in [1.54, 1.807) is 29.2 Å². The predicted molar refractivity (Wildman–Crippen MR) is 91.9 cm³/mol. The largest absolute Gasteiger partial charge is 0.482 e. The lowest BCUT2D eigenvalue weighted by atomic mass is 9.97. The van der Waals surface area contributed by atoms with Crippen LogP contribution in [-0.2, 0) is 23.9 Å². The first kappa shape index (κ1) is 19.2. The summed E-state index contributed by atoms with van der Waals surface area (Å²) in [4.78, 5) is 36.7. The van der Waals surface area contributed by atoms with Gasteiger partial charge in [-0.1, -0.05) is 15.9 Å². The van der Waals surface area contributed by atoms with Crippen molar-refractivity contribution in [3.05, 3.63) is 28.7 Å². The average Bonchev–Trinajstić information content (AvgIpc) is 2.65. The Morgan fingerprint density at radius 1 is 1.12 bits per heavy atom. The number of carbonyl (C=O) groups excluding carboxylic acids is 3. The maximum Gasteiger partial charge on any atom is 0.344 e. The van der Waals surface area contributed by atoms with Gasteiger partial charge in [-0.25, -0.2) is 4.79 Å². The molecule has 0 bridgehead atoms. The summed E-state index contributed by atoms with van der Waals surface area (Å²) in [5.74, 6) is -0.767. The van der Waals surface area contributed by atoms with Crippen LogP contribution in [0.3, 0.4) is 0 Å².